The highest BCUT2D eigenvalue weighted by atomic mass is 31.2. The van der Waals surface area contributed by atoms with Crippen LogP contribution in [0.5, 0.6) is 0 Å². The molecule has 364 valence electrons. The number of aliphatic hydroxyl groups is 2. The number of ether oxygens (including phenoxy) is 2. The number of unbranched alkanes of at least 4 members (excludes halogenated alkanes) is 27. The van der Waals surface area contributed by atoms with E-state index in [9.17, 15) is 19.4 Å². The molecule has 0 spiro atoms. The van der Waals surface area contributed by atoms with E-state index in [2.05, 4.69) is 62.5 Å². The van der Waals surface area contributed by atoms with Crippen LogP contribution < -0.4 is 0 Å². The van der Waals surface area contributed by atoms with Gasteiger partial charge in [0.1, 0.15) is 12.2 Å². The van der Waals surface area contributed by atoms with Crippen molar-refractivity contribution in [3.05, 3.63) is 48.6 Å². The monoisotopic (exact) mass is 897 g/mol. The van der Waals surface area contributed by atoms with Gasteiger partial charge in [-0.05, 0) is 51.4 Å². The molecule has 0 amide bonds. The maximum absolute atomic E-state index is 12.7. The average molecular weight is 897 g/mol. The third-order valence-electron chi connectivity index (χ3n) is 11.0. The molecule has 3 unspecified atom stereocenters. The maximum Gasteiger partial charge on any atom is 0.472 e. The molecule has 0 aliphatic rings. The number of carbonyl (C=O) groups excluding carboxylic acids is 1. The van der Waals surface area contributed by atoms with Crippen LogP contribution in [-0.4, -0.2) is 66.3 Å². The summed E-state index contributed by atoms with van der Waals surface area (Å²) < 4.78 is 33.5. The van der Waals surface area contributed by atoms with E-state index >= 15 is 0 Å². The van der Waals surface area contributed by atoms with Gasteiger partial charge in [-0.15, -0.1) is 0 Å². The first-order valence-electron chi connectivity index (χ1n) is 25.6. The minimum Gasteiger partial charge on any atom is -0.457 e. The average Bonchev–Trinajstić information content (AvgIpc) is 3.26. The van der Waals surface area contributed by atoms with E-state index in [0.717, 1.165) is 70.6 Å². The minimum absolute atomic E-state index is 0.0480. The number of hydrogen-bond acceptors (Lipinski definition) is 8. The Labute approximate surface area is 381 Å². The number of phosphoric ester groups is 1. The van der Waals surface area contributed by atoms with Gasteiger partial charge in [-0.2, -0.15) is 0 Å². The van der Waals surface area contributed by atoms with Gasteiger partial charge in [-0.25, -0.2) is 4.57 Å². The van der Waals surface area contributed by atoms with Crippen LogP contribution in [0.1, 0.15) is 232 Å². The Bertz CT molecular complexity index is 1110. The number of rotatable bonds is 49. The predicted octanol–water partition coefficient (Wildman–Crippen LogP) is 14.9. The lowest BCUT2D eigenvalue weighted by Gasteiger charge is -2.20. The quantitative estimate of drug-likeness (QED) is 0.0236. The SMILES string of the molecule is CC/C=C\C/C=C\C/C=C\C/C=C\CCCCCCCCCCC(=O)OC(COCCCCCCCCCCCCCCCCCCCCCC)COP(=O)(O)OCC(O)CO. The fourth-order valence-corrected chi connectivity index (χ4v) is 7.96. The van der Waals surface area contributed by atoms with Crippen molar-refractivity contribution in [1.29, 1.82) is 0 Å². The fourth-order valence-electron chi connectivity index (χ4n) is 7.17. The van der Waals surface area contributed by atoms with Gasteiger partial charge < -0.3 is 24.6 Å². The van der Waals surface area contributed by atoms with E-state index < -0.39 is 33.2 Å². The summed E-state index contributed by atoms with van der Waals surface area (Å²) in [6.07, 6.45) is 56.5. The van der Waals surface area contributed by atoms with Crippen LogP contribution >= 0.6 is 7.82 Å². The summed E-state index contributed by atoms with van der Waals surface area (Å²) in [7, 11) is -4.53. The second-order valence-corrected chi connectivity index (χ2v) is 18.6. The molecule has 0 aromatic rings. The number of hydrogen-bond donors (Lipinski definition) is 3. The first kappa shape index (κ1) is 60.4. The van der Waals surface area contributed by atoms with Gasteiger partial charge >= 0.3 is 13.8 Å². The smallest absolute Gasteiger partial charge is 0.457 e. The zero-order chi connectivity index (χ0) is 45.3. The highest BCUT2D eigenvalue weighted by Crippen LogP contribution is 2.43. The molecule has 0 saturated heterocycles. The highest BCUT2D eigenvalue weighted by Gasteiger charge is 2.26. The van der Waals surface area contributed by atoms with E-state index in [1.165, 1.54) is 141 Å². The normalized spacial score (nSPS) is 14.2. The summed E-state index contributed by atoms with van der Waals surface area (Å²) in [6.45, 7) is 3.44. The van der Waals surface area contributed by atoms with Crippen LogP contribution in [0.3, 0.4) is 0 Å². The third-order valence-corrected chi connectivity index (χ3v) is 12.0. The van der Waals surface area contributed by atoms with Crippen LogP contribution in [0.25, 0.3) is 0 Å². The fraction of sp³-hybridized carbons (Fsp3) is 0.827. The molecule has 0 rings (SSSR count). The molecule has 0 radical (unpaired) electrons. The van der Waals surface area contributed by atoms with Crippen molar-refractivity contribution in [2.24, 2.45) is 0 Å². The van der Waals surface area contributed by atoms with E-state index in [0.29, 0.717) is 6.61 Å². The lowest BCUT2D eigenvalue weighted by Crippen LogP contribution is -2.29. The van der Waals surface area contributed by atoms with Gasteiger partial charge in [0, 0.05) is 13.0 Å². The molecular formula is C52H97O9P. The standard InChI is InChI=1S/C52H97O9P/c1-3-5-7-9-11-13-15-17-19-21-23-25-26-28-30-32-34-36-38-40-42-44-52(55)61-51(49-60-62(56,57)59-47-50(54)46-53)48-58-45-43-41-39-37-35-33-31-29-27-24-22-20-18-16-14-12-10-8-6-4-2/h5,7,11,13,17,19,23,25,50-51,53-54H,3-4,6,8-10,12,14-16,18,20-22,24,26-49H2,1-2H3,(H,56,57)/b7-5-,13-11-,19-17-,25-23-. The molecule has 3 atom stereocenters. The zero-order valence-electron chi connectivity index (χ0n) is 40.1. The van der Waals surface area contributed by atoms with Gasteiger partial charge in [-0.3, -0.25) is 13.8 Å². The molecule has 0 aromatic heterocycles. The molecule has 9 nitrogen and oxygen atoms in total. The van der Waals surface area contributed by atoms with Gasteiger partial charge in [0.25, 0.3) is 0 Å². The summed E-state index contributed by atoms with van der Waals surface area (Å²) in [4.78, 5) is 22.7. The molecule has 0 saturated carbocycles. The summed E-state index contributed by atoms with van der Waals surface area (Å²) in [5.41, 5.74) is 0. The predicted molar refractivity (Wildman–Crippen MR) is 260 cm³/mol. The molecule has 0 fully saturated rings. The largest absolute Gasteiger partial charge is 0.472 e. The van der Waals surface area contributed by atoms with E-state index in [1.807, 2.05) is 0 Å². The van der Waals surface area contributed by atoms with Crippen molar-refractivity contribution < 1.29 is 43.0 Å². The third kappa shape index (κ3) is 47.9. The maximum atomic E-state index is 12.7. The van der Waals surface area contributed by atoms with Crippen molar-refractivity contribution >= 4 is 13.8 Å². The lowest BCUT2D eigenvalue weighted by molar-refractivity contribution is -0.154. The topological polar surface area (TPSA) is 132 Å². The molecular weight excluding hydrogens is 800 g/mol. The Hall–Kier alpha value is -1.58. The summed E-state index contributed by atoms with van der Waals surface area (Å²) in [5.74, 6) is -0.388. The second-order valence-electron chi connectivity index (χ2n) is 17.2. The van der Waals surface area contributed by atoms with Gasteiger partial charge in [0.15, 0.2) is 0 Å². The molecule has 0 heterocycles. The number of carbonyl (C=O) groups is 1. The van der Waals surface area contributed by atoms with E-state index in [1.54, 1.807) is 0 Å². The van der Waals surface area contributed by atoms with Crippen molar-refractivity contribution in [1.82, 2.24) is 0 Å². The summed E-state index contributed by atoms with van der Waals surface area (Å²) in [6, 6.07) is 0. The Morgan fingerprint density at radius 2 is 0.919 bits per heavy atom. The number of aliphatic hydroxyl groups excluding tert-OH is 2. The summed E-state index contributed by atoms with van der Waals surface area (Å²) in [5, 5.41) is 18.4. The minimum atomic E-state index is -4.53. The lowest BCUT2D eigenvalue weighted by atomic mass is 10.0. The van der Waals surface area contributed by atoms with Gasteiger partial charge in [0.2, 0.25) is 0 Å². The van der Waals surface area contributed by atoms with E-state index in [4.69, 9.17) is 23.6 Å². The first-order valence-corrected chi connectivity index (χ1v) is 27.1. The number of phosphoric acid groups is 1. The van der Waals surface area contributed by atoms with E-state index in [-0.39, 0.29) is 25.6 Å². The van der Waals surface area contributed by atoms with Crippen LogP contribution in [0.2, 0.25) is 0 Å². The Kier molecular flexibility index (Phi) is 47.6. The van der Waals surface area contributed by atoms with Crippen LogP contribution in [0.4, 0.5) is 0 Å². The number of esters is 1. The highest BCUT2D eigenvalue weighted by molar-refractivity contribution is 7.47. The summed E-state index contributed by atoms with van der Waals surface area (Å²) >= 11 is 0. The molecule has 0 aliphatic carbocycles. The molecule has 10 heteroatoms. The molecule has 0 aromatic carbocycles. The second kappa shape index (κ2) is 48.9. The Morgan fingerprint density at radius 3 is 1.39 bits per heavy atom. The Morgan fingerprint density at radius 1 is 0.516 bits per heavy atom. The number of allylic oxidation sites excluding steroid dienone is 8. The molecule has 0 bridgehead atoms. The molecule has 3 N–H and O–H groups in total. The van der Waals surface area contributed by atoms with Crippen LogP contribution in [0.15, 0.2) is 48.6 Å². The molecule has 0 aliphatic heterocycles. The van der Waals surface area contributed by atoms with Gasteiger partial charge in [-0.1, -0.05) is 223 Å². The Balaban J connectivity index is 4.08. The first-order chi connectivity index (χ1) is 30.3. The van der Waals surface area contributed by atoms with Crippen molar-refractivity contribution in [2.75, 3.05) is 33.0 Å². The van der Waals surface area contributed by atoms with Crippen molar-refractivity contribution in [2.45, 2.75) is 244 Å². The molecule has 62 heavy (non-hydrogen) atoms. The van der Waals surface area contributed by atoms with Crippen LogP contribution in [-0.2, 0) is 27.9 Å². The van der Waals surface area contributed by atoms with Gasteiger partial charge in [0.05, 0.1) is 26.4 Å². The van der Waals surface area contributed by atoms with Crippen LogP contribution in [0, 0.1) is 0 Å². The zero-order valence-corrected chi connectivity index (χ0v) is 41.0. The van der Waals surface area contributed by atoms with Crippen molar-refractivity contribution in [3.8, 4) is 0 Å². The van der Waals surface area contributed by atoms with Crippen molar-refractivity contribution in [3.63, 3.8) is 0 Å².